The van der Waals surface area contributed by atoms with Crippen molar-refractivity contribution >= 4 is 5.91 Å². The van der Waals surface area contributed by atoms with E-state index >= 15 is 0 Å². The lowest BCUT2D eigenvalue weighted by Crippen LogP contribution is -2.37. The lowest BCUT2D eigenvalue weighted by Gasteiger charge is -2.29. The normalized spacial score (nSPS) is 20.6. The summed E-state index contributed by atoms with van der Waals surface area (Å²) in [5.74, 6) is 1.08. The van der Waals surface area contributed by atoms with Gasteiger partial charge in [0.25, 0.3) is 0 Å². The van der Waals surface area contributed by atoms with E-state index < -0.39 is 0 Å². The summed E-state index contributed by atoms with van der Waals surface area (Å²) in [6.45, 7) is 8.45. The Balaban J connectivity index is 1.41. The number of rotatable bonds is 4. The van der Waals surface area contributed by atoms with Crippen LogP contribution in [0, 0.1) is 13.8 Å². The zero-order chi connectivity index (χ0) is 19.0. The number of carbonyl (C=O) groups excluding carboxylic acids is 1. The maximum atomic E-state index is 12.8. The lowest BCUT2D eigenvalue weighted by molar-refractivity contribution is -0.133. The molecular weight excluding hydrogens is 340 g/mol. The summed E-state index contributed by atoms with van der Waals surface area (Å²) in [5.41, 5.74) is 4.26. The van der Waals surface area contributed by atoms with Gasteiger partial charge in [-0.05, 0) is 46.2 Å². The molecule has 0 aromatic carbocycles. The molecule has 4 heterocycles. The van der Waals surface area contributed by atoms with E-state index in [1.165, 1.54) is 6.42 Å². The van der Waals surface area contributed by atoms with Crippen molar-refractivity contribution in [2.75, 3.05) is 13.1 Å². The highest BCUT2D eigenvalue weighted by molar-refractivity contribution is 5.76. The van der Waals surface area contributed by atoms with Crippen LogP contribution in [-0.4, -0.2) is 43.6 Å². The molecule has 2 aromatic rings. The molecule has 0 aliphatic carbocycles. The number of carbonyl (C=O) groups is 1. The minimum absolute atomic E-state index is 0.0552. The van der Waals surface area contributed by atoms with Crippen LogP contribution in [0.1, 0.15) is 66.7 Å². The van der Waals surface area contributed by atoms with Crippen LogP contribution >= 0.6 is 0 Å². The fourth-order valence-corrected chi connectivity index (χ4v) is 4.18. The smallest absolute Gasteiger partial charge is 0.225 e. The van der Waals surface area contributed by atoms with E-state index in [0.717, 1.165) is 54.4 Å². The van der Waals surface area contributed by atoms with E-state index in [4.69, 9.17) is 4.98 Å². The van der Waals surface area contributed by atoms with Crippen LogP contribution in [-0.2, 0) is 17.8 Å². The number of fused-ring (bicyclic) bond motifs is 1. The van der Waals surface area contributed by atoms with Gasteiger partial charge in [0, 0.05) is 43.4 Å². The Morgan fingerprint density at radius 3 is 2.96 bits per heavy atom. The van der Waals surface area contributed by atoms with Gasteiger partial charge in [0.1, 0.15) is 5.82 Å². The molecule has 1 saturated heterocycles. The summed E-state index contributed by atoms with van der Waals surface area (Å²) in [4.78, 5) is 24.1. The van der Waals surface area contributed by atoms with Crippen LogP contribution in [0.15, 0.2) is 12.3 Å². The molecule has 1 fully saturated rings. The van der Waals surface area contributed by atoms with Gasteiger partial charge >= 0.3 is 0 Å². The van der Waals surface area contributed by atoms with Crippen LogP contribution in [0.2, 0.25) is 0 Å². The molecule has 1 amide bonds. The molecule has 0 saturated carbocycles. The van der Waals surface area contributed by atoms with E-state index in [2.05, 4.69) is 22.3 Å². The van der Waals surface area contributed by atoms with Gasteiger partial charge in [-0.1, -0.05) is 0 Å². The minimum Gasteiger partial charge on any atom is -0.338 e. The van der Waals surface area contributed by atoms with Gasteiger partial charge in [0.15, 0.2) is 0 Å². The third kappa shape index (κ3) is 3.74. The molecule has 0 unspecified atom stereocenters. The van der Waals surface area contributed by atoms with Crippen LogP contribution in [0.3, 0.4) is 0 Å². The molecule has 2 aliphatic rings. The van der Waals surface area contributed by atoms with Gasteiger partial charge in [0.05, 0.1) is 23.5 Å². The van der Waals surface area contributed by atoms with Crippen molar-refractivity contribution in [3.63, 3.8) is 0 Å². The predicted octanol–water partition coefficient (Wildman–Crippen LogP) is 2.25. The summed E-state index contributed by atoms with van der Waals surface area (Å²) >= 11 is 0. The number of nitrogens with one attached hydrogen (secondary N) is 1. The average molecular weight is 368 g/mol. The Kier molecular flexibility index (Phi) is 4.95. The second-order valence-electron chi connectivity index (χ2n) is 7.84. The molecule has 4 rings (SSSR count). The van der Waals surface area contributed by atoms with Crippen LogP contribution in [0.5, 0.6) is 0 Å². The molecule has 7 heteroatoms. The third-order valence-electron chi connectivity index (χ3n) is 5.61. The zero-order valence-electron chi connectivity index (χ0n) is 16.4. The predicted molar refractivity (Wildman–Crippen MR) is 102 cm³/mol. The second kappa shape index (κ2) is 7.38. The first kappa shape index (κ1) is 18.1. The Labute approximate surface area is 160 Å². The minimum atomic E-state index is 0.0552. The number of aromatic nitrogens is 4. The van der Waals surface area contributed by atoms with Gasteiger partial charge in [-0.3, -0.25) is 9.48 Å². The highest BCUT2D eigenvalue weighted by Gasteiger charge is 2.26. The fraction of sp³-hybridized carbons (Fsp3) is 0.600. The van der Waals surface area contributed by atoms with E-state index in [1.807, 2.05) is 35.7 Å². The highest BCUT2D eigenvalue weighted by Crippen LogP contribution is 2.24. The molecule has 2 aromatic heterocycles. The summed E-state index contributed by atoms with van der Waals surface area (Å²) in [7, 11) is 0. The summed E-state index contributed by atoms with van der Waals surface area (Å²) in [5, 5.41) is 7.96. The van der Waals surface area contributed by atoms with Gasteiger partial charge in [-0.25, -0.2) is 9.97 Å². The Hall–Kier alpha value is -2.28. The van der Waals surface area contributed by atoms with Crippen molar-refractivity contribution in [2.45, 2.75) is 65.1 Å². The number of amides is 1. The Morgan fingerprint density at radius 2 is 2.26 bits per heavy atom. The van der Waals surface area contributed by atoms with Crippen molar-refractivity contribution in [3.05, 3.63) is 40.7 Å². The third-order valence-corrected chi connectivity index (χ3v) is 5.61. The summed E-state index contributed by atoms with van der Waals surface area (Å²) in [6.07, 6.45) is 5.47. The van der Waals surface area contributed by atoms with E-state index in [1.54, 1.807) is 0 Å². The van der Waals surface area contributed by atoms with Gasteiger partial charge in [-0.15, -0.1) is 0 Å². The average Bonchev–Trinajstić information content (AvgIpc) is 3.30. The molecular formula is C20H28N6O. The standard InChI is InChI=1S/C20H28N6O/c1-13-9-14(2)26(24-13)15(3)10-19(27)25-8-6-17-16(12-25)11-22-20(23-17)18-5-4-7-21-18/h9,11,15,18,21H,4-8,10,12H2,1-3H3/t15-,18-/m0/s1. The van der Waals surface area contributed by atoms with Gasteiger partial charge in [0.2, 0.25) is 5.91 Å². The number of hydrogen-bond donors (Lipinski definition) is 1. The van der Waals surface area contributed by atoms with Crippen molar-refractivity contribution in [1.82, 2.24) is 30.0 Å². The second-order valence-corrected chi connectivity index (χ2v) is 7.84. The van der Waals surface area contributed by atoms with Crippen molar-refractivity contribution in [1.29, 1.82) is 0 Å². The van der Waals surface area contributed by atoms with Crippen molar-refractivity contribution in [3.8, 4) is 0 Å². The van der Waals surface area contributed by atoms with E-state index in [9.17, 15) is 4.79 Å². The van der Waals surface area contributed by atoms with Crippen LogP contribution in [0.4, 0.5) is 0 Å². The molecule has 2 atom stereocenters. The van der Waals surface area contributed by atoms with Crippen molar-refractivity contribution < 1.29 is 4.79 Å². The molecule has 0 spiro atoms. The number of aryl methyl sites for hydroxylation is 2. The van der Waals surface area contributed by atoms with Crippen LogP contribution < -0.4 is 5.32 Å². The molecule has 7 nitrogen and oxygen atoms in total. The molecule has 2 aliphatic heterocycles. The molecule has 27 heavy (non-hydrogen) atoms. The SMILES string of the molecule is Cc1cc(C)n([C@@H](C)CC(=O)N2CCc3nc([C@@H]4CCCN4)ncc3C2)n1. The van der Waals surface area contributed by atoms with Crippen LogP contribution in [0.25, 0.3) is 0 Å². The molecule has 144 valence electrons. The fourth-order valence-electron chi connectivity index (χ4n) is 4.18. The largest absolute Gasteiger partial charge is 0.338 e. The molecule has 1 N–H and O–H groups in total. The number of nitrogens with zero attached hydrogens (tertiary/aromatic N) is 5. The van der Waals surface area contributed by atoms with E-state index in [0.29, 0.717) is 13.0 Å². The first-order valence-corrected chi connectivity index (χ1v) is 9.90. The lowest BCUT2D eigenvalue weighted by atomic mass is 10.1. The first-order valence-electron chi connectivity index (χ1n) is 9.90. The van der Waals surface area contributed by atoms with Crippen molar-refractivity contribution in [2.24, 2.45) is 0 Å². The Morgan fingerprint density at radius 1 is 1.41 bits per heavy atom. The van der Waals surface area contributed by atoms with E-state index in [-0.39, 0.29) is 18.0 Å². The maximum absolute atomic E-state index is 12.8. The van der Waals surface area contributed by atoms with Gasteiger partial charge in [-0.2, -0.15) is 5.10 Å². The Bertz CT molecular complexity index is 839. The summed E-state index contributed by atoms with van der Waals surface area (Å²) < 4.78 is 1.95. The zero-order valence-corrected chi connectivity index (χ0v) is 16.4. The number of hydrogen-bond acceptors (Lipinski definition) is 5. The maximum Gasteiger partial charge on any atom is 0.225 e. The monoisotopic (exact) mass is 368 g/mol. The first-order chi connectivity index (χ1) is 13.0. The van der Waals surface area contributed by atoms with Gasteiger partial charge < -0.3 is 10.2 Å². The quantitative estimate of drug-likeness (QED) is 0.896. The molecule has 0 radical (unpaired) electrons. The highest BCUT2D eigenvalue weighted by atomic mass is 16.2. The topological polar surface area (TPSA) is 75.9 Å². The summed E-state index contributed by atoms with van der Waals surface area (Å²) in [6, 6.07) is 2.39. The molecule has 0 bridgehead atoms.